The number of hydrogen-bond donors (Lipinski definition) is 1. The first kappa shape index (κ1) is 13.1. The number of carbonyl (C=O) groups is 1. The van der Waals surface area contributed by atoms with Crippen molar-refractivity contribution < 1.29 is 9.90 Å². The Bertz CT molecular complexity index is 549. The highest BCUT2D eigenvalue weighted by Crippen LogP contribution is 2.23. The fraction of sp³-hybridized carbons (Fsp3) is 0.188. The molecule has 0 saturated heterocycles. The standard InChI is InChI=1S/C16H17NO2/c1-12(16(18)19)17(2)15-10-8-14(9-11-15)13-6-4-3-5-7-13/h3-12H,1-2H3,(H,18,19)/t12-/m0/s1. The quantitative estimate of drug-likeness (QED) is 0.911. The van der Waals surface area contributed by atoms with Crippen molar-refractivity contribution in [2.45, 2.75) is 13.0 Å². The summed E-state index contributed by atoms with van der Waals surface area (Å²) in [7, 11) is 1.79. The van der Waals surface area contributed by atoms with Gasteiger partial charge in [-0.05, 0) is 30.2 Å². The van der Waals surface area contributed by atoms with E-state index in [9.17, 15) is 4.79 Å². The molecular weight excluding hydrogens is 238 g/mol. The van der Waals surface area contributed by atoms with Crippen molar-refractivity contribution in [2.24, 2.45) is 0 Å². The van der Waals surface area contributed by atoms with Crippen LogP contribution in [0.25, 0.3) is 11.1 Å². The number of benzene rings is 2. The van der Waals surface area contributed by atoms with E-state index in [1.54, 1.807) is 18.9 Å². The second kappa shape index (κ2) is 5.57. The molecule has 0 fully saturated rings. The predicted molar refractivity (Wildman–Crippen MR) is 77.4 cm³/mol. The summed E-state index contributed by atoms with van der Waals surface area (Å²) < 4.78 is 0. The van der Waals surface area contributed by atoms with Gasteiger partial charge in [-0.1, -0.05) is 42.5 Å². The highest BCUT2D eigenvalue weighted by Gasteiger charge is 2.16. The maximum Gasteiger partial charge on any atom is 0.326 e. The number of likely N-dealkylation sites (N-methyl/N-ethyl adjacent to an activating group) is 1. The van der Waals surface area contributed by atoms with Gasteiger partial charge in [-0.25, -0.2) is 4.79 Å². The summed E-state index contributed by atoms with van der Waals surface area (Å²) in [6.07, 6.45) is 0. The molecule has 98 valence electrons. The Morgan fingerprint density at radius 2 is 1.53 bits per heavy atom. The van der Waals surface area contributed by atoms with E-state index in [2.05, 4.69) is 12.1 Å². The Hall–Kier alpha value is -2.29. The van der Waals surface area contributed by atoms with Crippen LogP contribution in [0.15, 0.2) is 54.6 Å². The molecule has 0 aliphatic rings. The summed E-state index contributed by atoms with van der Waals surface area (Å²) in [5, 5.41) is 9.00. The normalized spacial score (nSPS) is 11.9. The molecule has 19 heavy (non-hydrogen) atoms. The van der Waals surface area contributed by atoms with Gasteiger partial charge in [0.05, 0.1) is 0 Å². The Kier molecular flexibility index (Phi) is 3.85. The molecule has 0 heterocycles. The van der Waals surface area contributed by atoms with Crippen LogP contribution in [-0.4, -0.2) is 24.2 Å². The smallest absolute Gasteiger partial charge is 0.326 e. The summed E-state index contributed by atoms with van der Waals surface area (Å²) in [6, 6.07) is 17.5. The lowest BCUT2D eigenvalue weighted by atomic mass is 10.1. The molecule has 2 rings (SSSR count). The van der Waals surface area contributed by atoms with E-state index >= 15 is 0 Å². The molecule has 0 unspecified atom stereocenters. The van der Waals surface area contributed by atoms with E-state index < -0.39 is 12.0 Å². The van der Waals surface area contributed by atoms with Crippen LogP contribution in [0.1, 0.15) is 6.92 Å². The molecule has 2 aromatic carbocycles. The van der Waals surface area contributed by atoms with Gasteiger partial charge in [0, 0.05) is 12.7 Å². The van der Waals surface area contributed by atoms with Crippen molar-refractivity contribution in [1.29, 1.82) is 0 Å². The predicted octanol–water partition coefficient (Wildman–Crippen LogP) is 3.26. The van der Waals surface area contributed by atoms with E-state index in [-0.39, 0.29) is 0 Å². The van der Waals surface area contributed by atoms with E-state index in [0.717, 1.165) is 16.8 Å². The zero-order chi connectivity index (χ0) is 13.8. The second-order valence-electron chi connectivity index (χ2n) is 4.54. The van der Waals surface area contributed by atoms with Crippen molar-refractivity contribution in [1.82, 2.24) is 0 Å². The fourth-order valence-electron chi connectivity index (χ4n) is 1.91. The van der Waals surface area contributed by atoms with Crippen LogP contribution < -0.4 is 4.90 Å². The molecule has 1 N–H and O–H groups in total. The van der Waals surface area contributed by atoms with Gasteiger partial charge in [-0.2, -0.15) is 0 Å². The van der Waals surface area contributed by atoms with E-state index in [1.165, 1.54) is 0 Å². The van der Waals surface area contributed by atoms with Crippen molar-refractivity contribution in [3.05, 3.63) is 54.6 Å². The number of aliphatic carboxylic acids is 1. The number of anilines is 1. The zero-order valence-electron chi connectivity index (χ0n) is 11.1. The van der Waals surface area contributed by atoms with Crippen LogP contribution in [0.5, 0.6) is 0 Å². The third kappa shape index (κ3) is 2.94. The van der Waals surface area contributed by atoms with Crippen LogP contribution in [0, 0.1) is 0 Å². The lowest BCUT2D eigenvalue weighted by Crippen LogP contribution is -2.35. The second-order valence-corrected chi connectivity index (χ2v) is 4.54. The molecule has 0 aliphatic carbocycles. The molecule has 0 aromatic heterocycles. The maximum absolute atomic E-state index is 11.0. The third-order valence-corrected chi connectivity index (χ3v) is 3.32. The molecule has 2 aromatic rings. The minimum absolute atomic E-state index is 0.539. The molecule has 1 atom stereocenters. The zero-order valence-corrected chi connectivity index (χ0v) is 11.1. The lowest BCUT2D eigenvalue weighted by molar-refractivity contribution is -0.138. The van der Waals surface area contributed by atoms with Crippen molar-refractivity contribution >= 4 is 11.7 Å². The SMILES string of the molecule is C[C@@H](C(=O)O)N(C)c1ccc(-c2ccccc2)cc1. The maximum atomic E-state index is 11.0. The van der Waals surface area contributed by atoms with Crippen LogP contribution in [0.4, 0.5) is 5.69 Å². The summed E-state index contributed by atoms with van der Waals surface area (Å²) in [5.74, 6) is -0.824. The third-order valence-electron chi connectivity index (χ3n) is 3.32. The number of carboxylic acid groups (broad SMARTS) is 1. The Morgan fingerprint density at radius 1 is 1.00 bits per heavy atom. The Balaban J connectivity index is 2.22. The Morgan fingerprint density at radius 3 is 2.05 bits per heavy atom. The molecule has 0 radical (unpaired) electrons. The van der Waals surface area contributed by atoms with Crippen molar-refractivity contribution in [2.75, 3.05) is 11.9 Å². The molecule has 3 nitrogen and oxygen atoms in total. The molecule has 3 heteroatoms. The van der Waals surface area contributed by atoms with Gasteiger partial charge in [0.2, 0.25) is 0 Å². The molecular formula is C16H17NO2. The number of rotatable bonds is 4. The van der Waals surface area contributed by atoms with E-state index in [0.29, 0.717) is 0 Å². The topological polar surface area (TPSA) is 40.5 Å². The molecule has 0 amide bonds. The van der Waals surface area contributed by atoms with E-state index in [4.69, 9.17) is 5.11 Å². The Labute approximate surface area is 113 Å². The van der Waals surface area contributed by atoms with Gasteiger partial charge < -0.3 is 10.0 Å². The average molecular weight is 255 g/mol. The van der Waals surface area contributed by atoms with Gasteiger partial charge in [0.25, 0.3) is 0 Å². The van der Waals surface area contributed by atoms with Crippen LogP contribution in [0.2, 0.25) is 0 Å². The summed E-state index contributed by atoms with van der Waals surface area (Å²) in [4.78, 5) is 12.7. The minimum atomic E-state index is -0.824. The van der Waals surface area contributed by atoms with Crippen LogP contribution in [0.3, 0.4) is 0 Å². The lowest BCUT2D eigenvalue weighted by Gasteiger charge is -2.23. The molecule has 0 saturated carbocycles. The molecule has 0 bridgehead atoms. The van der Waals surface area contributed by atoms with Crippen molar-refractivity contribution in [3.8, 4) is 11.1 Å². The molecule has 0 spiro atoms. The summed E-state index contributed by atoms with van der Waals surface area (Å²) in [6.45, 7) is 1.67. The van der Waals surface area contributed by atoms with Crippen LogP contribution >= 0.6 is 0 Å². The highest BCUT2D eigenvalue weighted by molar-refractivity contribution is 5.78. The largest absolute Gasteiger partial charge is 0.480 e. The van der Waals surface area contributed by atoms with E-state index in [1.807, 2.05) is 42.5 Å². The van der Waals surface area contributed by atoms with Crippen molar-refractivity contribution in [3.63, 3.8) is 0 Å². The van der Waals surface area contributed by atoms with Gasteiger partial charge in [-0.15, -0.1) is 0 Å². The minimum Gasteiger partial charge on any atom is -0.480 e. The first-order valence-corrected chi connectivity index (χ1v) is 6.20. The molecule has 0 aliphatic heterocycles. The summed E-state index contributed by atoms with van der Waals surface area (Å²) in [5.41, 5.74) is 3.18. The fourth-order valence-corrected chi connectivity index (χ4v) is 1.91. The number of nitrogens with zero attached hydrogens (tertiary/aromatic N) is 1. The van der Waals surface area contributed by atoms with Crippen LogP contribution in [-0.2, 0) is 4.79 Å². The summed E-state index contributed by atoms with van der Waals surface area (Å²) >= 11 is 0. The van der Waals surface area contributed by atoms with Gasteiger partial charge in [0.15, 0.2) is 0 Å². The average Bonchev–Trinajstić information content (AvgIpc) is 2.46. The van der Waals surface area contributed by atoms with Gasteiger partial charge >= 0.3 is 5.97 Å². The highest BCUT2D eigenvalue weighted by atomic mass is 16.4. The van der Waals surface area contributed by atoms with Gasteiger partial charge in [-0.3, -0.25) is 0 Å². The van der Waals surface area contributed by atoms with Gasteiger partial charge in [0.1, 0.15) is 6.04 Å². The first-order valence-electron chi connectivity index (χ1n) is 6.20. The monoisotopic (exact) mass is 255 g/mol. The number of carboxylic acids is 1. The number of hydrogen-bond acceptors (Lipinski definition) is 2. The first-order chi connectivity index (χ1) is 9.09.